The Hall–Kier alpha value is -2.57. The standard InChI is InChI=1S/C14H14N2O5/c1-7(13(20)21)15-12(19)9-10(17)8-3-2-6-16(8)14(4-5-14)11(9)18/h2-3,6-7,17H,4-5H2,1H3,(H,15,19)(H,20,21)/t7-/m0/s1. The van der Waals surface area contributed by atoms with Crippen molar-refractivity contribution >= 4 is 23.4 Å². The van der Waals surface area contributed by atoms with Gasteiger partial charge in [0.05, 0.1) is 5.69 Å². The number of amides is 1. The lowest BCUT2D eigenvalue weighted by Crippen LogP contribution is -2.44. The molecule has 110 valence electrons. The van der Waals surface area contributed by atoms with Gasteiger partial charge >= 0.3 is 5.97 Å². The van der Waals surface area contributed by atoms with Crippen molar-refractivity contribution in [2.45, 2.75) is 31.3 Å². The molecule has 0 unspecified atom stereocenters. The molecular formula is C14H14N2O5. The first kappa shape index (κ1) is 13.4. The van der Waals surface area contributed by atoms with Crippen LogP contribution in [-0.2, 0) is 19.9 Å². The largest absolute Gasteiger partial charge is 0.505 e. The lowest BCUT2D eigenvalue weighted by atomic mass is 9.94. The van der Waals surface area contributed by atoms with Crippen molar-refractivity contribution in [3.8, 4) is 0 Å². The molecule has 1 fully saturated rings. The molecular weight excluding hydrogens is 276 g/mol. The van der Waals surface area contributed by atoms with Crippen molar-refractivity contribution in [3.63, 3.8) is 0 Å². The molecule has 0 bridgehead atoms. The lowest BCUT2D eigenvalue weighted by Gasteiger charge is -2.26. The second-order valence-electron chi connectivity index (χ2n) is 5.38. The number of ketones is 1. The fraction of sp³-hybridized carbons (Fsp3) is 0.357. The van der Waals surface area contributed by atoms with E-state index >= 15 is 0 Å². The van der Waals surface area contributed by atoms with E-state index in [9.17, 15) is 19.5 Å². The first-order valence-corrected chi connectivity index (χ1v) is 6.58. The summed E-state index contributed by atoms with van der Waals surface area (Å²) in [4.78, 5) is 35.5. The molecule has 7 nitrogen and oxygen atoms in total. The molecule has 1 aromatic heterocycles. The van der Waals surface area contributed by atoms with Crippen LogP contribution in [-0.4, -0.2) is 38.5 Å². The second-order valence-corrected chi connectivity index (χ2v) is 5.38. The zero-order valence-corrected chi connectivity index (χ0v) is 11.3. The number of nitrogens with zero attached hydrogens (tertiary/aromatic N) is 1. The number of carboxylic acids is 1. The summed E-state index contributed by atoms with van der Waals surface area (Å²) in [6.45, 7) is 1.29. The third-order valence-corrected chi connectivity index (χ3v) is 4.01. The highest BCUT2D eigenvalue weighted by Gasteiger charge is 2.57. The number of aromatic nitrogens is 1. The number of carbonyl (C=O) groups excluding carboxylic acids is 2. The Morgan fingerprint density at radius 3 is 2.67 bits per heavy atom. The van der Waals surface area contributed by atoms with Gasteiger partial charge in [-0.25, -0.2) is 0 Å². The molecule has 1 aliphatic heterocycles. The predicted octanol–water partition coefficient (Wildman–Crippen LogP) is 0.418. The molecule has 2 heterocycles. The van der Waals surface area contributed by atoms with Crippen molar-refractivity contribution < 1.29 is 24.6 Å². The van der Waals surface area contributed by atoms with E-state index in [2.05, 4.69) is 5.32 Å². The van der Waals surface area contributed by atoms with Crippen molar-refractivity contribution in [1.29, 1.82) is 0 Å². The van der Waals surface area contributed by atoms with E-state index in [0.717, 1.165) is 0 Å². The minimum Gasteiger partial charge on any atom is -0.505 e. The van der Waals surface area contributed by atoms with Crippen LogP contribution in [0.15, 0.2) is 23.9 Å². The number of aliphatic hydroxyl groups is 1. The minimum atomic E-state index is -1.21. The van der Waals surface area contributed by atoms with Gasteiger partial charge in [0, 0.05) is 6.20 Å². The van der Waals surface area contributed by atoms with E-state index < -0.39 is 35.0 Å². The number of aliphatic carboxylic acids is 1. The highest BCUT2D eigenvalue weighted by Crippen LogP contribution is 2.50. The topological polar surface area (TPSA) is 109 Å². The Balaban J connectivity index is 2.02. The van der Waals surface area contributed by atoms with Gasteiger partial charge in [-0.05, 0) is 31.9 Å². The van der Waals surface area contributed by atoms with Gasteiger partial charge in [0.1, 0.15) is 17.2 Å². The van der Waals surface area contributed by atoms with Crippen LogP contribution < -0.4 is 5.32 Å². The average molecular weight is 290 g/mol. The summed E-state index contributed by atoms with van der Waals surface area (Å²) in [6.07, 6.45) is 2.91. The zero-order chi connectivity index (χ0) is 15.4. The molecule has 1 aliphatic carbocycles. The Bertz CT molecular complexity index is 696. The van der Waals surface area contributed by atoms with Gasteiger partial charge in [0.25, 0.3) is 5.91 Å². The van der Waals surface area contributed by atoms with E-state index in [-0.39, 0.29) is 5.57 Å². The number of carbonyl (C=O) groups is 3. The van der Waals surface area contributed by atoms with E-state index in [0.29, 0.717) is 18.5 Å². The first-order valence-electron chi connectivity index (χ1n) is 6.58. The SMILES string of the molecule is C[C@H](NC(=O)C1=C(O)c2cccn2C2(CC2)C1=O)C(=O)O. The Morgan fingerprint density at radius 2 is 2.10 bits per heavy atom. The average Bonchev–Trinajstić information content (AvgIpc) is 3.06. The Labute approximate surface area is 119 Å². The highest BCUT2D eigenvalue weighted by atomic mass is 16.4. The second kappa shape index (κ2) is 4.21. The van der Waals surface area contributed by atoms with Crippen molar-refractivity contribution in [2.24, 2.45) is 0 Å². The van der Waals surface area contributed by atoms with E-state index in [1.807, 2.05) is 0 Å². The van der Waals surface area contributed by atoms with Gasteiger partial charge < -0.3 is 20.1 Å². The molecule has 0 aromatic carbocycles. The van der Waals surface area contributed by atoms with Gasteiger partial charge in [0.2, 0.25) is 0 Å². The van der Waals surface area contributed by atoms with Crippen molar-refractivity contribution in [1.82, 2.24) is 9.88 Å². The molecule has 21 heavy (non-hydrogen) atoms. The fourth-order valence-electron chi connectivity index (χ4n) is 2.65. The summed E-state index contributed by atoms with van der Waals surface area (Å²) in [5.74, 6) is -2.93. The minimum absolute atomic E-state index is 0.355. The molecule has 7 heteroatoms. The number of hydrogen-bond acceptors (Lipinski definition) is 4. The van der Waals surface area contributed by atoms with Crippen molar-refractivity contribution in [2.75, 3.05) is 0 Å². The van der Waals surface area contributed by atoms with Crippen LogP contribution >= 0.6 is 0 Å². The van der Waals surface area contributed by atoms with Crippen LogP contribution in [0, 0.1) is 0 Å². The molecule has 3 N–H and O–H groups in total. The third kappa shape index (κ3) is 1.77. The number of rotatable bonds is 3. The number of nitrogens with one attached hydrogen (secondary N) is 1. The van der Waals surface area contributed by atoms with Crippen LogP contribution in [0.4, 0.5) is 0 Å². The van der Waals surface area contributed by atoms with E-state index in [1.165, 1.54) is 6.92 Å². The zero-order valence-electron chi connectivity index (χ0n) is 11.3. The molecule has 1 saturated carbocycles. The molecule has 1 spiro atoms. The lowest BCUT2D eigenvalue weighted by molar-refractivity contribution is -0.141. The number of Topliss-reactive ketones (excluding diaryl/α,β-unsaturated/α-hetero) is 1. The summed E-state index contributed by atoms with van der Waals surface area (Å²) < 4.78 is 1.68. The van der Waals surface area contributed by atoms with E-state index in [1.54, 1.807) is 22.9 Å². The van der Waals surface area contributed by atoms with Gasteiger partial charge in [-0.2, -0.15) is 0 Å². The first-order chi connectivity index (χ1) is 9.88. The number of fused-ring (bicyclic) bond motifs is 2. The van der Waals surface area contributed by atoms with Crippen LogP contribution in [0.5, 0.6) is 0 Å². The van der Waals surface area contributed by atoms with Gasteiger partial charge in [-0.15, -0.1) is 0 Å². The highest BCUT2D eigenvalue weighted by molar-refractivity contribution is 6.27. The van der Waals surface area contributed by atoms with Gasteiger partial charge in [-0.3, -0.25) is 14.4 Å². The monoisotopic (exact) mass is 290 g/mol. The third-order valence-electron chi connectivity index (χ3n) is 4.01. The molecule has 1 aromatic rings. The van der Waals surface area contributed by atoms with Gasteiger partial charge in [-0.1, -0.05) is 0 Å². The molecule has 0 radical (unpaired) electrons. The number of hydrogen-bond donors (Lipinski definition) is 3. The summed E-state index contributed by atoms with van der Waals surface area (Å²) >= 11 is 0. The molecule has 0 saturated heterocycles. The van der Waals surface area contributed by atoms with Gasteiger partial charge in [0.15, 0.2) is 11.5 Å². The summed E-state index contributed by atoms with van der Waals surface area (Å²) in [5.41, 5.74) is -0.739. The van der Waals surface area contributed by atoms with Crippen LogP contribution in [0.25, 0.3) is 5.76 Å². The summed E-state index contributed by atoms with van der Waals surface area (Å²) in [7, 11) is 0. The predicted molar refractivity (Wildman–Crippen MR) is 71.4 cm³/mol. The molecule has 1 atom stereocenters. The quantitative estimate of drug-likeness (QED) is 0.699. The fourth-order valence-corrected chi connectivity index (χ4v) is 2.65. The molecule has 3 rings (SSSR count). The number of aliphatic hydroxyl groups excluding tert-OH is 1. The smallest absolute Gasteiger partial charge is 0.325 e. The summed E-state index contributed by atoms with van der Waals surface area (Å²) in [5, 5.41) is 21.2. The van der Waals surface area contributed by atoms with Crippen LogP contribution in [0.2, 0.25) is 0 Å². The summed E-state index contributed by atoms with van der Waals surface area (Å²) in [6, 6.07) is 2.17. The Morgan fingerprint density at radius 1 is 1.43 bits per heavy atom. The van der Waals surface area contributed by atoms with Crippen LogP contribution in [0.1, 0.15) is 25.5 Å². The van der Waals surface area contributed by atoms with E-state index in [4.69, 9.17) is 5.11 Å². The van der Waals surface area contributed by atoms with Crippen LogP contribution in [0.3, 0.4) is 0 Å². The normalized spacial score (nSPS) is 20.1. The maximum atomic E-state index is 12.5. The Kier molecular flexibility index (Phi) is 2.69. The molecule has 2 aliphatic rings. The molecule has 1 amide bonds. The van der Waals surface area contributed by atoms with Crippen molar-refractivity contribution in [3.05, 3.63) is 29.6 Å². The maximum absolute atomic E-state index is 12.5. The number of carboxylic acid groups (broad SMARTS) is 1. The maximum Gasteiger partial charge on any atom is 0.325 e.